The van der Waals surface area contributed by atoms with Crippen LogP contribution in [0.15, 0.2) is 0 Å². The zero-order valence-corrected chi connectivity index (χ0v) is 11.4. The normalized spacial score (nSPS) is 37.4. The summed E-state index contributed by atoms with van der Waals surface area (Å²) in [5.74, 6) is 1.77. The number of rotatable bonds is 4. The van der Waals surface area contributed by atoms with Crippen LogP contribution in [0.3, 0.4) is 0 Å². The maximum absolute atomic E-state index is 10.9. The van der Waals surface area contributed by atoms with E-state index in [9.17, 15) is 4.79 Å². The number of ether oxygens (including phenoxy) is 1. The molecule has 1 N–H and O–H groups in total. The van der Waals surface area contributed by atoms with Crippen molar-refractivity contribution in [2.45, 2.75) is 51.4 Å². The summed E-state index contributed by atoms with van der Waals surface area (Å²) in [7, 11) is 1.79. The molecule has 3 nitrogen and oxygen atoms in total. The van der Waals surface area contributed by atoms with Gasteiger partial charge in [0.15, 0.2) is 0 Å². The van der Waals surface area contributed by atoms with Gasteiger partial charge in [0, 0.05) is 13.7 Å². The number of carbonyl (C=O) groups is 1. The summed E-state index contributed by atoms with van der Waals surface area (Å²) in [6.45, 7) is 0.915. The summed E-state index contributed by atoms with van der Waals surface area (Å²) < 4.78 is 5.24. The molecule has 0 spiro atoms. The second-order valence-corrected chi connectivity index (χ2v) is 6.19. The van der Waals surface area contributed by atoms with Crippen molar-refractivity contribution in [3.63, 3.8) is 0 Å². The molecule has 0 aromatic heterocycles. The molecule has 2 aliphatic carbocycles. The first-order valence-electron chi connectivity index (χ1n) is 7.42. The number of carboxylic acids is 1. The van der Waals surface area contributed by atoms with Crippen molar-refractivity contribution in [2.75, 3.05) is 13.7 Å². The molecular formula is C15H26O3. The van der Waals surface area contributed by atoms with Crippen LogP contribution in [0, 0.1) is 23.7 Å². The van der Waals surface area contributed by atoms with Gasteiger partial charge in [-0.3, -0.25) is 4.79 Å². The first-order valence-corrected chi connectivity index (χ1v) is 7.42. The van der Waals surface area contributed by atoms with Gasteiger partial charge in [-0.15, -0.1) is 0 Å². The fourth-order valence-electron chi connectivity index (χ4n) is 3.90. The van der Waals surface area contributed by atoms with Crippen LogP contribution < -0.4 is 0 Å². The van der Waals surface area contributed by atoms with Gasteiger partial charge in [0.1, 0.15) is 0 Å². The van der Waals surface area contributed by atoms with Crippen molar-refractivity contribution >= 4 is 5.97 Å². The summed E-state index contributed by atoms with van der Waals surface area (Å²) in [5.41, 5.74) is 0. The standard InChI is InChI=1S/C15H26O3/c1-18-10-11-2-4-12(5-3-11)13-6-8-14(9-7-13)15(16)17/h11-14H,2-10H2,1H3,(H,16,17)/t11-,12-,13-,14-. The Balaban J connectivity index is 1.73. The second-order valence-electron chi connectivity index (χ2n) is 6.19. The van der Waals surface area contributed by atoms with Gasteiger partial charge in [-0.05, 0) is 69.1 Å². The molecule has 3 heteroatoms. The fourth-order valence-corrected chi connectivity index (χ4v) is 3.90. The first-order chi connectivity index (χ1) is 8.70. The largest absolute Gasteiger partial charge is 0.481 e. The van der Waals surface area contributed by atoms with Crippen molar-refractivity contribution in [3.05, 3.63) is 0 Å². The number of aliphatic carboxylic acids is 1. The van der Waals surface area contributed by atoms with Crippen molar-refractivity contribution in [3.8, 4) is 0 Å². The van der Waals surface area contributed by atoms with Crippen LogP contribution in [-0.2, 0) is 9.53 Å². The fraction of sp³-hybridized carbons (Fsp3) is 0.933. The lowest BCUT2D eigenvalue weighted by atomic mass is 9.69. The highest BCUT2D eigenvalue weighted by Gasteiger charge is 2.32. The lowest BCUT2D eigenvalue weighted by molar-refractivity contribution is -0.143. The van der Waals surface area contributed by atoms with Gasteiger partial charge in [0.05, 0.1) is 5.92 Å². The van der Waals surface area contributed by atoms with E-state index in [4.69, 9.17) is 9.84 Å². The minimum Gasteiger partial charge on any atom is -0.481 e. The monoisotopic (exact) mass is 254 g/mol. The average Bonchev–Trinajstić information content (AvgIpc) is 2.40. The van der Waals surface area contributed by atoms with E-state index >= 15 is 0 Å². The zero-order chi connectivity index (χ0) is 13.0. The van der Waals surface area contributed by atoms with E-state index in [0.29, 0.717) is 0 Å². The van der Waals surface area contributed by atoms with E-state index in [1.165, 1.54) is 25.7 Å². The van der Waals surface area contributed by atoms with Gasteiger partial charge in [-0.25, -0.2) is 0 Å². The lowest BCUT2D eigenvalue weighted by Gasteiger charge is -2.37. The van der Waals surface area contributed by atoms with Crippen molar-refractivity contribution < 1.29 is 14.6 Å². The molecule has 0 heterocycles. The van der Waals surface area contributed by atoms with Gasteiger partial charge in [-0.2, -0.15) is 0 Å². The molecule has 0 atom stereocenters. The Labute approximate surface area is 110 Å². The molecule has 0 radical (unpaired) electrons. The maximum Gasteiger partial charge on any atom is 0.306 e. The van der Waals surface area contributed by atoms with Crippen LogP contribution in [-0.4, -0.2) is 24.8 Å². The van der Waals surface area contributed by atoms with Gasteiger partial charge in [0.2, 0.25) is 0 Å². The Kier molecular flexibility index (Phi) is 5.04. The third kappa shape index (κ3) is 3.47. The third-order valence-corrected chi connectivity index (χ3v) is 5.08. The molecular weight excluding hydrogens is 228 g/mol. The Bertz CT molecular complexity index is 261. The third-order valence-electron chi connectivity index (χ3n) is 5.08. The van der Waals surface area contributed by atoms with E-state index in [0.717, 1.165) is 50.0 Å². The molecule has 0 saturated heterocycles. The minimum absolute atomic E-state index is 0.0638. The number of hydrogen-bond donors (Lipinski definition) is 1. The summed E-state index contributed by atoms with van der Waals surface area (Å²) in [6.07, 6.45) is 9.34. The Morgan fingerprint density at radius 1 is 1.00 bits per heavy atom. The van der Waals surface area contributed by atoms with E-state index in [1.54, 1.807) is 7.11 Å². The molecule has 0 amide bonds. The minimum atomic E-state index is -0.586. The van der Waals surface area contributed by atoms with Gasteiger partial charge in [0.25, 0.3) is 0 Å². The molecule has 2 fully saturated rings. The van der Waals surface area contributed by atoms with Gasteiger partial charge >= 0.3 is 5.97 Å². The molecule has 0 unspecified atom stereocenters. The van der Waals surface area contributed by atoms with E-state index in [-0.39, 0.29) is 5.92 Å². The smallest absolute Gasteiger partial charge is 0.306 e. The summed E-state index contributed by atoms with van der Waals surface area (Å²) in [4.78, 5) is 10.9. The zero-order valence-electron chi connectivity index (χ0n) is 11.4. The highest BCUT2D eigenvalue weighted by atomic mass is 16.5. The number of hydrogen-bond acceptors (Lipinski definition) is 2. The second kappa shape index (κ2) is 6.55. The van der Waals surface area contributed by atoms with Crippen LogP contribution in [0.5, 0.6) is 0 Å². The highest BCUT2D eigenvalue weighted by Crippen LogP contribution is 2.41. The molecule has 104 valence electrons. The molecule has 2 aliphatic rings. The van der Waals surface area contributed by atoms with E-state index in [2.05, 4.69) is 0 Å². The molecule has 0 aromatic carbocycles. The van der Waals surface area contributed by atoms with Crippen molar-refractivity contribution in [2.24, 2.45) is 23.7 Å². The topological polar surface area (TPSA) is 46.5 Å². The molecule has 18 heavy (non-hydrogen) atoms. The average molecular weight is 254 g/mol. The number of methoxy groups -OCH3 is 1. The van der Waals surface area contributed by atoms with Crippen LogP contribution in [0.1, 0.15) is 51.4 Å². The molecule has 0 bridgehead atoms. The Hall–Kier alpha value is -0.570. The first kappa shape index (κ1) is 13.9. The molecule has 2 saturated carbocycles. The predicted octanol–water partition coefficient (Wildman–Crippen LogP) is 3.33. The van der Waals surface area contributed by atoms with Crippen molar-refractivity contribution in [1.82, 2.24) is 0 Å². The van der Waals surface area contributed by atoms with Crippen LogP contribution in [0.4, 0.5) is 0 Å². The van der Waals surface area contributed by atoms with Crippen LogP contribution in [0.25, 0.3) is 0 Å². The summed E-state index contributed by atoms with van der Waals surface area (Å²) in [5, 5.41) is 9.01. The summed E-state index contributed by atoms with van der Waals surface area (Å²) >= 11 is 0. The van der Waals surface area contributed by atoms with Gasteiger partial charge < -0.3 is 9.84 Å². The predicted molar refractivity (Wildman–Crippen MR) is 70.4 cm³/mol. The molecule has 0 aromatic rings. The van der Waals surface area contributed by atoms with Crippen LogP contribution in [0.2, 0.25) is 0 Å². The van der Waals surface area contributed by atoms with Gasteiger partial charge in [-0.1, -0.05) is 0 Å². The molecule has 0 aliphatic heterocycles. The molecule has 2 rings (SSSR count). The Morgan fingerprint density at radius 3 is 1.94 bits per heavy atom. The number of carboxylic acid groups (broad SMARTS) is 1. The lowest BCUT2D eigenvalue weighted by Crippen LogP contribution is -2.28. The van der Waals surface area contributed by atoms with Crippen molar-refractivity contribution in [1.29, 1.82) is 0 Å². The van der Waals surface area contributed by atoms with Crippen LogP contribution >= 0.6 is 0 Å². The SMILES string of the molecule is COC[C@H]1CC[C@H]([C@H]2CC[C@H](C(=O)O)CC2)CC1. The summed E-state index contributed by atoms with van der Waals surface area (Å²) in [6, 6.07) is 0. The van der Waals surface area contributed by atoms with E-state index < -0.39 is 5.97 Å². The Morgan fingerprint density at radius 2 is 1.50 bits per heavy atom. The van der Waals surface area contributed by atoms with E-state index in [1.807, 2.05) is 0 Å². The maximum atomic E-state index is 10.9. The quantitative estimate of drug-likeness (QED) is 0.837. The highest BCUT2D eigenvalue weighted by molar-refractivity contribution is 5.69.